The van der Waals surface area contributed by atoms with Gasteiger partial charge < -0.3 is 14.9 Å². The summed E-state index contributed by atoms with van der Waals surface area (Å²) in [6.45, 7) is 1.74. The highest BCUT2D eigenvalue weighted by molar-refractivity contribution is 5.99. The van der Waals surface area contributed by atoms with Crippen LogP contribution >= 0.6 is 0 Å². The molecule has 148 valence electrons. The fraction of sp³-hybridized carbons (Fsp3) is 0.400. The maximum Gasteiger partial charge on any atom is 0.290 e. The van der Waals surface area contributed by atoms with Gasteiger partial charge in [-0.2, -0.15) is 5.10 Å². The van der Waals surface area contributed by atoms with Gasteiger partial charge in [0.1, 0.15) is 5.54 Å². The van der Waals surface area contributed by atoms with Gasteiger partial charge in [0, 0.05) is 25.8 Å². The van der Waals surface area contributed by atoms with Crippen molar-refractivity contribution in [1.29, 1.82) is 0 Å². The van der Waals surface area contributed by atoms with Gasteiger partial charge in [-0.3, -0.25) is 19.5 Å². The molecule has 2 N–H and O–H groups in total. The lowest BCUT2D eigenvalue weighted by Gasteiger charge is -2.44. The average molecular weight is 384 g/mol. The van der Waals surface area contributed by atoms with Gasteiger partial charge >= 0.3 is 0 Å². The van der Waals surface area contributed by atoms with E-state index in [9.17, 15) is 9.59 Å². The molecule has 0 radical (unpaired) electrons. The third kappa shape index (κ3) is 3.76. The lowest BCUT2D eigenvalue weighted by molar-refractivity contribution is -0.146. The van der Waals surface area contributed by atoms with Crippen LogP contribution in [0.4, 0.5) is 0 Å². The van der Waals surface area contributed by atoms with Crippen molar-refractivity contribution >= 4 is 18.3 Å². The number of nitrogens with zero attached hydrogens (tertiary/aromatic N) is 3. The lowest BCUT2D eigenvalue weighted by Crippen LogP contribution is -2.61. The van der Waals surface area contributed by atoms with Crippen molar-refractivity contribution in [1.82, 2.24) is 20.0 Å². The summed E-state index contributed by atoms with van der Waals surface area (Å²) in [6, 6.07) is 10.0. The van der Waals surface area contributed by atoms with Crippen molar-refractivity contribution in [2.75, 3.05) is 13.1 Å². The largest absolute Gasteiger partial charge is 0.483 e. The molecule has 2 aliphatic heterocycles. The van der Waals surface area contributed by atoms with Crippen LogP contribution in [0.15, 0.2) is 42.7 Å². The van der Waals surface area contributed by atoms with E-state index in [1.54, 1.807) is 11.1 Å². The smallest absolute Gasteiger partial charge is 0.290 e. The van der Waals surface area contributed by atoms with E-state index in [0.29, 0.717) is 18.7 Å². The minimum absolute atomic E-state index is 0.0944. The number of likely N-dealkylation sites (tertiary alicyclic amines) is 2. The predicted molar refractivity (Wildman–Crippen MR) is 101 cm³/mol. The Morgan fingerprint density at radius 2 is 1.89 bits per heavy atom. The summed E-state index contributed by atoms with van der Waals surface area (Å²) in [4.78, 5) is 38.3. The topological polar surface area (TPSA) is 107 Å². The van der Waals surface area contributed by atoms with Crippen molar-refractivity contribution in [3.05, 3.63) is 53.9 Å². The molecule has 2 aromatic rings. The van der Waals surface area contributed by atoms with Crippen LogP contribution in [0.3, 0.4) is 0 Å². The molecule has 2 amide bonds. The number of aromatic nitrogens is 2. The van der Waals surface area contributed by atoms with Gasteiger partial charge in [-0.05, 0) is 31.2 Å². The first kappa shape index (κ1) is 19.6. The quantitative estimate of drug-likeness (QED) is 0.786. The van der Waals surface area contributed by atoms with Crippen molar-refractivity contribution in [3.63, 3.8) is 0 Å². The molecule has 1 spiro atoms. The van der Waals surface area contributed by atoms with E-state index in [4.69, 9.17) is 9.90 Å². The van der Waals surface area contributed by atoms with Crippen LogP contribution in [0.25, 0.3) is 0 Å². The molecule has 0 saturated carbocycles. The summed E-state index contributed by atoms with van der Waals surface area (Å²) >= 11 is 0. The first-order valence-electron chi connectivity index (χ1n) is 9.34. The minimum Gasteiger partial charge on any atom is -0.483 e. The monoisotopic (exact) mass is 384 g/mol. The highest BCUT2D eigenvalue weighted by atomic mass is 16.3. The Balaban J connectivity index is 0.000000706. The number of piperidine rings is 1. The Hall–Kier alpha value is -3.16. The molecule has 3 heterocycles. The van der Waals surface area contributed by atoms with Crippen molar-refractivity contribution in [2.24, 2.45) is 0 Å². The normalized spacial score (nSPS) is 21.4. The van der Waals surface area contributed by atoms with Crippen LogP contribution in [-0.2, 0) is 16.1 Å². The van der Waals surface area contributed by atoms with E-state index in [0.717, 1.165) is 37.8 Å². The van der Waals surface area contributed by atoms with E-state index >= 15 is 0 Å². The van der Waals surface area contributed by atoms with Crippen LogP contribution < -0.4 is 0 Å². The molecule has 8 nitrogen and oxygen atoms in total. The number of H-pyrrole nitrogens is 1. The summed E-state index contributed by atoms with van der Waals surface area (Å²) in [7, 11) is 0. The summed E-state index contributed by atoms with van der Waals surface area (Å²) in [5, 5.41) is 13.4. The van der Waals surface area contributed by atoms with Gasteiger partial charge in [-0.15, -0.1) is 0 Å². The van der Waals surface area contributed by atoms with E-state index in [2.05, 4.69) is 10.2 Å². The number of carbonyl (C=O) groups is 3. The average Bonchev–Trinajstić information content (AvgIpc) is 3.38. The third-order valence-electron chi connectivity index (χ3n) is 5.40. The van der Waals surface area contributed by atoms with Crippen molar-refractivity contribution in [2.45, 2.75) is 37.8 Å². The molecular formula is C20H24N4O4. The molecule has 0 bridgehead atoms. The van der Waals surface area contributed by atoms with E-state index in [1.807, 2.05) is 35.2 Å². The number of benzene rings is 1. The predicted octanol–water partition coefficient (Wildman–Crippen LogP) is 1.91. The number of hydrogen-bond acceptors (Lipinski definition) is 4. The zero-order chi connectivity index (χ0) is 20.0. The standard InChI is InChI=1S/C19H22N4O2.CH2O2/c24-17(16-12-20-21-13-16)23-11-5-9-19(23)8-4-10-22(18(19)25)14-15-6-2-1-3-7-15;2-1-3/h1-3,6-7,12-13H,4-5,8-11,14H2,(H,20,21);1H,(H,2,3). The molecule has 2 aliphatic rings. The summed E-state index contributed by atoms with van der Waals surface area (Å²) in [5.74, 6) is -0.00175. The maximum atomic E-state index is 13.3. The number of nitrogens with one attached hydrogen (secondary N) is 1. The van der Waals surface area contributed by atoms with Crippen molar-refractivity contribution < 1.29 is 19.5 Å². The number of amides is 2. The highest BCUT2D eigenvalue weighted by Gasteiger charge is 2.52. The Bertz CT molecular complexity index is 809. The van der Waals surface area contributed by atoms with Crippen LogP contribution in [0.5, 0.6) is 0 Å². The Labute approximate surface area is 163 Å². The fourth-order valence-electron chi connectivity index (χ4n) is 4.20. The first-order valence-corrected chi connectivity index (χ1v) is 9.34. The fourth-order valence-corrected chi connectivity index (χ4v) is 4.20. The molecule has 2 fully saturated rings. The summed E-state index contributed by atoms with van der Waals surface area (Å²) in [5.41, 5.74) is 0.967. The zero-order valence-electron chi connectivity index (χ0n) is 15.6. The van der Waals surface area contributed by atoms with Gasteiger partial charge in [0.05, 0.1) is 11.8 Å². The van der Waals surface area contributed by atoms with E-state index < -0.39 is 5.54 Å². The van der Waals surface area contributed by atoms with Gasteiger partial charge in [0.2, 0.25) is 5.91 Å². The van der Waals surface area contributed by atoms with Gasteiger partial charge in [0.25, 0.3) is 12.4 Å². The second kappa shape index (κ2) is 8.69. The molecule has 8 heteroatoms. The molecular weight excluding hydrogens is 360 g/mol. The second-order valence-electron chi connectivity index (χ2n) is 7.00. The Kier molecular flexibility index (Phi) is 6.08. The molecule has 1 aromatic carbocycles. The molecule has 0 aliphatic carbocycles. The van der Waals surface area contributed by atoms with Crippen LogP contribution in [0, 0.1) is 0 Å². The summed E-state index contributed by atoms with van der Waals surface area (Å²) < 4.78 is 0. The Morgan fingerprint density at radius 1 is 1.21 bits per heavy atom. The molecule has 2 saturated heterocycles. The SMILES string of the molecule is O=C(c1cn[nH]c1)N1CCCC12CCCN(Cc1ccccc1)C2=O.O=CO. The van der Waals surface area contributed by atoms with Gasteiger partial charge in [-0.1, -0.05) is 30.3 Å². The number of rotatable bonds is 3. The Morgan fingerprint density at radius 3 is 2.54 bits per heavy atom. The van der Waals surface area contributed by atoms with E-state index in [-0.39, 0.29) is 18.3 Å². The van der Waals surface area contributed by atoms with Crippen LogP contribution in [0.1, 0.15) is 41.6 Å². The lowest BCUT2D eigenvalue weighted by atomic mass is 9.85. The third-order valence-corrected chi connectivity index (χ3v) is 5.40. The first-order chi connectivity index (χ1) is 13.6. The van der Waals surface area contributed by atoms with E-state index in [1.165, 1.54) is 6.20 Å². The van der Waals surface area contributed by atoms with Crippen LogP contribution in [0.2, 0.25) is 0 Å². The number of carbonyl (C=O) groups excluding carboxylic acids is 2. The molecule has 4 rings (SSSR count). The summed E-state index contributed by atoms with van der Waals surface area (Å²) in [6.07, 6.45) is 6.43. The van der Waals surface area contributed by atoms with Crippen LogP contribution in [-0.4, -0.2) is 62.0 Å². The number of carboxylic acid groups (broad SMARTS) is 1. The highest BCUT2D eigenvalue weighted by Crippen LogP contribution is 2.39. The molecule has 1 atom stereocenters. The molecule has 1 unspecified atom stereocenters. The minimum atomic E-state index is -0.679. The maximum absolute atomic E-state index is 13.3. The van der Waals surface area contributed by atoms with Crippen molar-refractivity contribution in [3.8, 4) is 0 Å². The van der Waals surface area contributed by atoms with Gasteiger partial charge in [0.15, 0.2) is 0 Å². The molecule has 1 aromatic heterocycles. The van der Waals surface area contributed by atoms with Gasteiger partial charge in [-0.25, -0.2) is 0 Å². The second-order valence-corrected chi connectivity index (χ2v) is 7.00. The number of aromatic amines is 1. The zero-order valence-corrected chi connectivity index (χ0v) is 15.6. The number of hydrogen-bond donors (Lipinski definition) is 2. The molecule has 28 heavy (non-hydrogen) atoms.